The molecule has 8 nitrogen and oxygen atoms in total. The minimum Gasteiger partial charge on any atom is -0.497 e. The molecule has 0 aliphatic rings. The highest BCUT2D eigenvalue weighted by atomic mass is 35.5. The Labute approximate surface area is 206 Å². The Morgan fingerprint density at radius 3 is 2.40 bits per heavy atom. The zero-order valence-electron chi connectivity index (χ0n) is 18.7. The predicted molar refractivity (Wildman–Crippen MR) is 138 cm³/mol. The Kier molecular flexibility index (Phi) is 6.19. The van der Waals surface area contributed by atoms with Gasteiger partial charge >= 0.3 is 0 Å². The van der Waals surface area contributed by atoms with Crippen molar-refractivity contribution in [2.75, 3.05) is 18.0 Å². The lowest BCUT2D eigenvalue weighted by Gasteiger charge is -2.20. The van der Waals surface area contributed by atoms with Crippen LogP contribution in [0.1, 0.15) is 0 Å². The summed E-state index contributed by atoms with van der Waals surface area (Å²) in [5.41, 5.74) is 9.21. The maximum absolute atomic E-state index is 14.1. The first-order valence-electron chi connectivity index (χ1n) is 10.8. The van der Waals surface area contributed by atoms with Crippen molar-refractivity contribution in [3.8, 4) is 28.4 Å². The highest BCUT2D eigenvalue weighted by Gasteiger charge is 2.19. The van der Waals surface area contributed by atoms with Gasteiger partial charge in [0.05, 0.1) is 18.5 Å². The zero-order chi connectivity index (χ0) is 24.2. The number of methoxy groups -OCH3 is 1. The van der Waals surface area contributed by atoms with Gasteiger partial charge in [0.2, 0.25) is 0 Å². The van der Waals surface area contributed by atoms with Gasteiger partial charge in [-0.3, -0.25) is 14.8 Å². The SMILES string of the molecule is COc1ccc(-c2cc(-n3cncn3)n(-c3cccc(Cl)c3)c(=O)c2NNc2ccccc2)cc1. The first-order valence-corrected chi connectivity index (χ1v) is 11.1. The Morgan fingerprint density at radius 1 is 0.914 bits per heavy atom. The summed E-state index contributed by atoms with van der Waals surface area (Å²) in [4.78, 5) is 18.1. The summed E-state index contributed by atoms with van der Waals surface area (Å²) in [6.07, 6.45) is 2.96. The molecule has 0 amide bonds. The van der Waals surface area contributed by atoms with Gasteiger partial charge in [0.15, 0.2) is 0 Å². The van der Waals surface area contributed by atoms with Crippen molar-refractivity contribution < 1.29 is 4.74 Å². The molecular formula is C26H21ClN6O2. The van der Waals surface area contributed by atoms with E-state index in [-0.39, 0.29) is 5.56 Å². The van der Waals surface area contributed by atoms with Gasteiger partial charge in [-0.1, -0.05) is 48.0 Å². The summed E-state index contributed by atoms with van der Waals surface area (Å²) in [6.45, 7) is 0. The van der Waals surface area contributed by atoms with Crippen LogP contribution in [0.5, 0.6) is 5.75 Å². The fourth-order valence-corrected chi connectivity index (χ4v) is 3.92. The Balaban J connectivity index is 1.75. The third-order valence-electron chi connectivity index (χ3n) is 5.42. The molecule has 5 aromatic rings. The molecule has 5 rings (SSSR count). The maximum Gasteiger partial charge on any atom is 0.282 e. The minimum absolute atomic E-state index is 0.297. The number of halogens is 1. The van der Waals surface area contributed by atoms with Crippen LogP contribution in [0.2, 0.25) is 5.02 Å². The smallest absolute Gasteiger partial charge is 0.282 e. The molecule has 174 valence electrons. The van der Waals surface area contributed by atoms with E-state index in [4.69, 9.17) is 16.3 Å². The van der Waals surface area contributed by atoms with Gasteiger partial charge < -0.3 is 10.2 Å². The van der Waals surface area contributed by atoms with Gasteiger partial charge in [-0.2, -0.15) is 5.10 Å². The minimum atomic E-state index is -0.297. The first kappa shape index (κ1) is 22.2. The van der Waals surface area contributed by atoms with Crippen LogP contribution < -0.4 is 21.1 Å². The molecule has 0 radical (unpaired) electrons. The van der Waals surface area contributed by atoms with Gasteiger partial charge in [0, 0.05) is 10.6 Å². The summed E-state index contributed by atoms with van der Waals surface area (Å²) in [7, 11) is 1.61. The third kappa shape index (κ3) is 4.60. The molecular weight excluding hydrogens is 464 g/mol. The number of nitrogens with zero attached hydrogens (tertiary/aromatic N) is 4. The van der Waals surface area contributed by atoms with E-state index in [1.165, 1.54) is 6.33 Å². The van der Waals surface area contributed by atoms with E-state index < -0.39 is 0 Å². The van der Waals surface area contributed by atoms with Crippen molar-refractivity contribution in [2.24, 2.45) is 0 Å². The van der Waals surface area contributed by atoms with Crippen LogP contribution >= 0.6 is 11.6 Å². The molecule has 3 aromatic carbocycles. The van der Waals surface area contributed by atoms with E-state index in [1.807, 2.05) is 66.7 Å². The average molecular weight is 485 g/mol. The topological polar surface area (TPSA) is 86.0 Å². The molecule has 0 saturated heterocycles. The van der Waals surface area contributed by atoms with Crippen LogP contribution in [0, 0.1) is 0 Å². The second-order valence-electron chi connectivity index (χ2n) is 7.60. The first-order chi connectivity index (χ1) is 17.1. The molecule has 2 N–H and O–H groups in total. The number of hydrogen-bond donors (Lipinski definition) is 2. The van der Waals surface area contributed by atoms with Crippen molar-refractivity contribution in [3.63, 3.8) is 0 Å². The number of hydrogen-bond acceptors (Lipinski definition) is 6. The standard InChI is InChI=1S/C26H21ClN6O2/c1-35-22-12-10-18(11-13-22)23-15-24(32-17-28-16-29-32)33(21-9-5-6-19(27)14-21)26(34)25(23)31-30-20-7-3-2-4-8-20/h2-17,30-31H,1H3. The highest BCUT2D eigenvalue weighted by Crippen LogP contribution is 2.31. The van der Waals surface area contributed by atoms with Crippen molar-refractivity contribution in [3.05, 3.63) is 113 Å². The molecule has 0 spiro atoms. The Bertz CT molecular complexity index is 1500. The number of hydrazine groups is 1. The molecule has 2 aromatic heterocycles. The fourth-order valence-electron chi connectivity index (χ4n) is 3.73. The van der Waals surface area contributed by atoms with Crippen LogP contribution in [0.3, 0.4) is 0 Å². The molecule has 0 atom stereocenters. The number of benzene rings is 3. The lowest BCUT2D eigenvalue weighted by atomic mass is 10.0. The summed E-state index contributed by atoms with van der Waals surface area (Å²) in [5, 5.41) is 4.79. The van der Waals surface area contributed by atoms with Crippen molar-refractivity contribution in [1.82, 2.24) is 19.3 Å². The number of pyridine rings is 1. The van der Waals surface area contributed by atoms with Crippen LogP contribution in [0.25, 0.3) is 22.6 Å². The van der Waals surface area contributed by atoms with Crippen molar-refractivity contribution in [2.45, 2.75) is 0 Å². The number of para-hydroxylation sites is 1. The van der Waals surface area contributed by atoms with Gasteiger partial charge in [0.25, 0.3) is 5.56 Å². The summed E-state index contributed by atoms with van der Waals surface area (Å²) >= 11 is 6.27. The summed E-state index contributed by atoms with van der Waals surface area (Å²) in [5.74, 6) is 1.22. The number of nitrogens with one attached hydrogen (secondary N) is 2. The molecule has 0 aliphatic carbocycles. The van der Waals surface area contributed by atoms with Gasteiger partial charge in [0.1, 0.15) is 29.9 Å². The Hall–Kier alpha value is -4.56. The van der Waals surface area contributed by atoms with E-state index in [1.54, 1.807) is 40.9 Å². The van der Waals surface area contributed by atoms with Crippen LogP contribution in [0.15, 0.2) is 102 Å². The van der Waals surface area contributed by atoms with Crippen LogP contribution in [-0.4, -0.2) is 26.4 Å². The maximum atomic E-state index is 14.1. The van der Waals surface area contributed by atoms with Gasteiger partial charge in [-0.25, -0.2) is 9.67 Å². The van der Waals surface area contributed by atoms with E-state index >= 15 is 0 Å². The van der Waals surface area contributed by atoms with Crippen molar-refractivity contribution >= 4 is 23.0 Å². The zero-order valence-corrected chi connectivity index (χ0v) is 19.5. The molecule has 0 fully saturated rings. The molecule has 35 heavy (non-hydrogen) atoms. The quantitative estimate of drug-likeness (QED) is 0.309. The van der Waals surface area contributed by atoms with Crippen LogP contribution in [-0.2, 0) is 0 Å². The van der Waals surface area contributed by atoms with E-state index in [2.05, 4.69) is 20.9 Å². The molecule has 0 saturated carbocycles. The lowest BCUT2D eigenvalue weighted by Crippen LogP contribution is -2.28. The second kappa shape index (κ2) is 9.74. The molecule has 0 aliphatic heterocycles. The summed E-state index contributed by atoms with van der Waals surface area (Å²) < 4.78 is 8.40. The fraction of sp³-hybridized carbons (Fsp3) is 0.0385. The highest BCUT2D eigenvalue weighted by molar-refractivity contribution is 6.30. The van der Waals surface area contributed by atoms with Gasteiger partial charge in [-0.15, -0.1) is 0 Å². The number of rotatable bonds is 7. The molecule has 0 bridgehead atoms. The third-order valence-corrected chi connectivity index (χ3v) is 5.65. The molecule has 2 heterocycles. The number of ether oxygens (including phenoxy) is 1. The monoisotopic (exact) mass is 484 g/mol. The summed E-state index contributed by atoms with van der Waals surface area (Å²) in [6, 6.07) is 26.0. The van der Waals surface area contributed by atoms with Crippen LogP contribution in [0.4, 0.5) is 11.4 Å². The van der Waals surface area contributed by atoms with E-state index in [0.29, 0.717) is 27.8 Å². The van der Waals surface area contributed by atoms with E-state index in [0.717, 1.165) is 17.0 Å². The normalized spacial score (nSPS) is 10.7. The van der Waals surface area contributed by atoms with Gasteiger partial charge in [-0.05, 0) is 54.1 Å². The second-order valence-corrected chi connectivity index (χ2v) is 8.03. The van der Waals surface area contributed by atoms with Crippen molar-refractivity contribution in [1.29, 1.82) is 0 Å². The van der Waals surface area contributed by atoms with E-state index in [9.17, 15) is 4.79 Å². The lowest BCUT2D eigenvalue weighted by molar-refractivity contribution is 0.415. The average Bonchev–Trinajstić information content (AvgIpc) is 3.43. The Morgan fingerprint density at radius 2 is 1.71 bits per heavy atom. The molecule has 9 heteroatoms. The number of anilines is 2. The molecule has 0 unspecified atom stereocenters. The number of aromatic nitrogens is 4. The largest absolute Gasteiger partial charge is 0.497 e. The predicted octanol–water partition coefficient (Wildman–Crippen LogP) is 5.19.